The van der Waals surface area contributed by atoms with E-state index in [9.17, 15) is 14.7 Å². The molecule has 0 amide bonds. The van der Waals surface area contributed by atoms with Gasteiger partial charge in [-0.15, -0.1) is 0 Å². The number of aliphatic hydroxyl groups excluding tert-OH is 1. The van der Waals surface area contributed by atoms with E-state index in [0.717, 1.165) is 116 Å². The van der Waals surface area contributed by atoms with E-state index in [1.54, 1.807) is 0 Å². The summed E-state index contributed by atoms with van der Waals surface area (Å²) in [5.74, 6) is -0.603. The Kier molecular flexibility index (Phi) is 65.4. The third-order valence-electron chi connectivity index (χ3n) is 14.1. The van der Waals surface area contributed by atoms with Crippen LogP contribution < -0.4 is 0 Å². The monoisotopic (exact) mass is 1100 g/mol. The van der Waals surface area contributed by atoms with Gasteiger partial charge in [0.05, 0.1) is 6.61 Å². The second-order valence-electron chi connectivity index (χ2n) is 21.8. The molecule has 0 spiro atoms. The smallest absolute Gasteiger partial charge is 0.306 e. The van der Waals surface area contributed by atoms with Gasteiger partial charge < -0.3 is 14.6 Å². The van der Waals surface area contributed by atoms with E-state index in [-0.39, 0.29) is 25.2 Å². The molecule has 0 aromatic heterocycles. The zero-order valence-corrected chi connectivity index (χ0v) is 52.0. The van der Waals surface area contributed by atoms with Crippen molar-refractivity contribution in [2.24, 2.45) is 0 Å². The highest BCUT2D eigenvalue weighted by Gasteiger charge is 2.16. The molecule has 0 saturated heterocycles. The van der Waals surface area contributed by atoms with Crippen LogP contribution >= 0.6 is 0 Å². The van der Waals surface area contributed by atoms with Crippen LogP contribution in [0, 0.1) is 0 Å². The van der Waals surface area contributed by atoms with Crippen molar-refractivity contribution in [2.45, 2.75) is 302 Å². The van der Waals surface area contributed by atoms with Crippen LogP contribution in [0.25, 0.3) is 0 Å². The van der Waals surface area contributed by atoms with Crippen LogP contribution in [0.2, 0.25) is 0 Å². The van der Waals surface area contributed by atoms with Crippen molar-refractivity contribution >= 4 is 11.9 Å². The molecule has 0 fully saturated rings. The Morgan fingerprint density at radius 1 is 0.300 bits per heavy atom. The number of unbranched alkanes of at least 4 members (excludes halogenated alkanes) is 28. The molecule has 1 N–H and O–H groups in total. The summed E-state index contributed by atoms with van der Waals surface area (Å²) in [5.41, 5.74) is 0. The Labute approximate surface area is 495 Å². The van der Waals surface area contributed by atoms with E-state index in [4.69, 9.17) is 9.47 Å². The minimum absolute atomic E-state index is 0.0762. The average molecular weight is 1110 g/mol. The molecule has 5 heteroatoms. The number of hydrogen-bond acceptors (Lipinski definition) is 5. The fourth-order valence-corrected chi connectivity index (χ4v) is 9.14. The molecule has 1 atom stereocenters. The molecule has 0 radical (unpaired) electrons. The van der Waals surface area contributed by atoms with Crippen LogP contribution in [0.3, 0.4) is 0 Å². The van der Waals surface area contributed by atoms with Gasteiger partial charge in [0.15, 0.2) is 6.10 Å². The topological polar surface area (TPSA) is 72.8 Å². The van der Waals surface area contributed by atoms with Crippen molar-refractivity contribution in [1.82, 2.24) is 0 Å². The third kappa shape index (κ3) is 66.3. The van der Waals surface area contributed by atoms with Gasteiger partial charge in [-0.2, -0.15) is 0 Å². The predicted octanol–water partition coefficient (Wildman–Crippen LogP) is 23.3. The molecule has 0 aromatic rings. The first kappa shape index (κ1) is 75.8. The minimum Gasteiger partial charge on any atom is -0.462 e. The molecule has 0 saturated carbocycles. The number of aliphatic hydroxyl groups is 1. The maximum atomic E-state index is 12.3. The average Bonchev–Trinajstić information content (AvgIpc) is 3.46. The van der Waals surface area contributed by atoms with Gasteiger partial charge in [-0.1, -0.05) is 307 Å². The Balaban J connectivity index is 3.59. The summed E-state index contributed by atoms with van der Waals surface area (Å²) in [4.78, 5) is 24.6. The van der Waals surface area contributed by atoms with Crippen molar-refractivity contribution in [3.63, 3.8) is 0 Å². The predicted molar refractivity (Wildman–Crippen MR) is 352 cm³/mol. The number of carbonyl (C=O) groups is 2. The molecular weight excluding hydrogens is 981 g/mol. The number of hydrogen-bond donors (Lipinski definition) is 1. The van der Waals surface area contributed by atoms with Crippen LogP contribution in [0.15, 0.2) is 146 Å². The zero-order chi connectivity index (χ0) is 57.6. The molecule has 0 rings (SSSR count). The van der Waals surface area contributed by atoms with Crippen molar-refractivity contribution in [2.75, 3.05) is 13.2 Å². The summed E-state index contributed by atoms with van der Waals surface area (Å²) in [6.07, 6.45) is 104. The molecule has 0 aliphatic rings. The van der Waals surface area contributed by atoms with Crippen LogP contribution in [-0.4, -0.2) is 36.4 Å². The molecule has 5 nitrogen and oxygen atoms in total. The lowest BCUT2D eigenvalue weighted by Gasteiger charge is -2.15. The highest BCUT2D eigenvalue weighted by molar-refractivity contribution is 5.70. The number of carbonyl (C=O) groups excluding carboxylic acids is 2. The summed E-state index contributed by atoms with van der Waals surface area (Å²) in [6.45, 7) is 4.03. The lowest BCUT2D eigenvalue weighted by atomic mass is 10.0. The quantitative estimate of drug-likeness (QED) is 0.0373. The van der Waals surface area contributed by atoms with E-state index in [2.05, 4.69) is 160 Å². The summed E-state index contributed by atoms with van der Waals surface area (Å²) in [6, 6.07) is 0. The summed E-state index contributed by atoms with van der Waals surface area (Å²) in [5, 5.41) is 9.69. The maximum absolute atomic E-state index is 12.3. The molecule has 0 aliphatic carbocycles. The molecule has 0 aromatic carbocycles. The van der Waals surface area contributed by atoms with Gasteiger partial charge in [-0.3, -0.25) is 9.59 Å². The first-order chi connectivity index (χ1) is 39.6. The number of esters is 2. The second kappa shape index (κ2) is 69.1. The normalized spacial score (nSPS) is 13.2. The van der Waals surface area contributed by atoms with Crippen molar-refractivity contribution in [3.05, 3.63) is 146 Å². The van der Waals surface area contributed by atoms with Crippen molar-refractivity contribution < 1.29 is 24.2 Å². The first-order valence-electron chi connectivity index (χ1n) is 33.4. The Morgan fingerprint density at radius 3 is 0.825 bits per heavy atom. The Bertz CT molecular complexity index is 1680. The lowest BCUT2D eigenvalue weighted by molar-refractivity contribution is -0.161. The molecule has 0 bridgehead atoms. The Hall–Kier alpha value is -4.22. The van der Waals surface area contributed by atoms with Gasteiger partial charge in [0.2, 0.25) is 0 Å². The molecule has 0 aliphatic heterocycles. The van der Waals surface area contributed by atoms with Gasteiger partial charge in [0.25, 0.3) is 0 Å². The van der Waals surface area contributed by atoms with Crippen LogP contribution in [0.1, 0.15) is 296 Å². The first-order valence-corrected chi connectivity index (χ1v) is 33.4. The van der Waals surface area contributed by atoms with Crippen molar-refractivity contribution in [1.29, 1.82) is 0 Å². The zero-order valence-electron chi connectivity index (χ0n) is 52.0. The van der Waals surface area contributed by atoms with E-state index in [1.165, 1.54) is 154 Å². The van der Waals surface area contributed by atoms with Crippen LogP contribution in [0.5, 0.6) is 0 Å². The van der Waals surface area contributed by atoms with Crippen LogP contribution in [-0.2, 0) is 19.1 Å². The fourth-order valence-electron chi connectivity index (χ4n) is 9.14. The number of allylic oxidation sites excluding steroid dienone is 24. The largest absolute Gasteiger partial charge is 0.462 e. The lowest BCUT2D eigenvalue weighted by Crippen LogP contribution is -2.28. The van der Waals surface area contributed by atoms with Gasteiger partial charge in [-0.05, 0) is 122 Å². The fraction of sp³-hybridized carbons (Fsp3) is 0.653. The minimum atomic E-state index is -0.788. The standard InChI is InChI=1S/C75H124O5/c1-3-5-7-9-11-13-15-17-19-21-23-25-27-29-30-31-32-33-34-35-36-37-38-39-40-41-42-43-44-46-48-50-52-54-56-58-60-62-64-66-68-70-75(78)80-73(71-76)72-79-74(77)69-67-65-63-61-59-57-55-53-51-49-47-45-28-26-24-22-20-18-16-14-12-10-8-6-4-2/h5,7,11,13,17,19,22-25,29-30,32-33,35-36,38-39,41-42,44,46,50,52,73,76H,3-4,6,8-10,12,14-16,18,20-21,26-28,31,34,37,40,43,45,47-49,51,53-72H2,1-2H3/b7-5-,13-11-,19-17-,24-22-,25-23-,30-29-,33-32-,36-35-,39-38-,42-41-,46-44-,52-50-. The molecular formula is C75H124O5. The van der Waals surface area contributed by atoms with Gasteiger partial charge in [0.1, 0.15) is 6.61 Å². The van der Waals surface area contributed by atoms with Crippen molar-refractivity contribution in [3.8, 4) is 0 Å². The summed E-state index contributed by atoms with van der Waals surface area (Å²) < 4.78 is 10.7. The van der Waals surface area contributed by atoms with E-state index >= 15 is 0 Å². The molecule has 80 heavy (non-hydrogen) atoms. The molecule has 0 heterocycles. The number of ether oxygens (including phenoxy) is 2. The second-order valence-corrected chi connectivity index (χ2v) is 21.8. The Morgan fingerprint density at radius 2 is 0.537 bits per heavy atom. The molecule has 454 valence electrons. The van der Waals surface area contributed by atoms with Crippen LogP contribution in [0.4, 0.5) is 0 Å². The SMILES string of the molecule is CC/C=C\C/C=C\C/C=C\C/C=C\C/C=C\C/C=C\C/C=C\C/C=C\C/C=C\C/C=C\C/C=C\CCCCCCCCCC(=O)OC(CO)COC(=O)CCCCCCCCCCCCCCC/C=C\CCCCCCCCCC. The highest BCUT2D eigenvalue weighted by Crippen LogP contribution is 2.16. The summed E-state index contributed by atoms with van der Waals surface area (Å²) in [7, 11) is 0. The van der Waals surface area contributed by atoms with E-state index in [1.807, 2.05) is 0 Å². The van der Waals surface area contributed by atoms with Gasteiger partial charge in [0, 0.05) is 12.8 Å². The van der Waals surface area contributed by atoms with Gasteiger partial charge in [-0.25, -0.2) is 0 Å². The third-order valence-corrected chi connectivity index (χ3v) is 14.1. The van der Waals surface area contributed by atoms with E-state index < -0.39 is 6.10 Å². The molecule has 1 unspecified atom stereocenters. The number of rotatable bonds is 60. The van der Waals surface area contributed by atoms with Gasteiger partial charge >= 0.3 is 11.9 Å². The van der Waals surface area contributed by atoms with E-state index in [0.29, 0.717) is 12.8 Å². The highest BCUT2D eigenvalue weighted by atomic mass is 16.6. The maximum Gasteiger partial charge on any atom is 0.306 e. The summed E-state index contributed by atoms with van der Waals surface area (Å²) >= 11 is 0.